The minimum Gasteiger partial charge on any atom is -0.391 e. The molecule has 0 saturated heterocycles. The number of benzene rings is 1. The molecule has 0 radical (unpaired) electrons. The zero-order valence-electron chi connectivity index (χ0n) is 7.93. The minimum absolute atomic E-state index is 0.108. The highest BCUT2D eigenvalue weighted by Gasteiger charge is 2.06. The first-order chi connectivity index (χ1) is 6.63. The Morgan fingerprint density at radius 3 is 2.86 bits per heavy atom. The van der Waals surface area contributed by atoms with E-state index >= 15 is 0 Å². The zero-order valence-corrected chi connectivity index (χ0v) is 8.68. The quantitative estimate of drug-likeness (QED) is 0.803. The van der Waals surface area contributed by atoms with Crippen LogP contribution in [-0.2, 0) is 6.42 Å². The number of aliphatic hydroxyl groups excluding tert-OH is 1. The third-order valence-corrected chi connectivity index (χ3v) is 2.20. The summed E-state index contributed by atoms with van der Waals surface area (Å²) in [4.78, 5) is 0. The van der Waals surface area contributed by atoms with Crippen LogP contribution in [0.4, 0.5) is 4.39 Å². The first-order valence-corrected chi connectivity index (χ1v) is 4.78. The van der Waals surface area contributed by atoms with Crippen molar-refractivity contribution in [1.82, 2.24) is 5.32 Å². The number of likely N-dealkylation sites (N-methyl/N-ethyl adjacent to an activating group) is 1. The molecule has 0 aromatic heterocycles. The van der Waals surface area contributed by atoms with Crippen molar-refractivity contribution in [3.8, 4) is 0 Å². The molecule has 1 rings (SSSR count). The standard InChI is InChI=1S/C10H13ClFNO/c1-13-6-8(14)4-7-2-3-9(11)10(12)5-7/h2-3,5,8,13-14H,4,6H2,1H3. The molecule has 4 heteroatoms. The van der Waals surface area contributed by atoms with Crippen molar-refractivity contribution in [1.29, 1.82) is 0 Å². The van der Waals surface area contributed by atoms with Gasteiger partial charge in [0, 0.05) is 6.54 Å². The predicted molar refractivity (Wildman–Crippen MR) is 55.0 cm³/mol. The van der Waals surface area contributed by atoms with E-state index in [-0.39, 0.29) is 5.02 Å². The Morgan fingerprint density at radius 1 is 1.57 bits per heavy atom. The molecule has 1 aromatic rings. The Balaban J connectivity index is 2.63. The zero-order chi connectivity index (χ0) is 10.6. The second-order valence-corrected chi connectivity index (χ2v) is 3.57. The number of hydrogen-bond acceptors (Lipinski definition) is 2. The van der Waals surface area contributed by atoms with E-state index in [9.17, 15) is 9.50 Å². The maximum Gasteiger partial charge on any atom is 0.142 e. The Labute approximate surface area is 87.7 Å². The van der Waals surface area contributed by atoms with Gasteiger partial charge in [-0.05, 0) is 31.2 Å². The molecule has 0 fully saturated rings. The molecule has 0 saturated carbocycles. The average molecular weight is 218 g/mol. The fraction of sp³-hybridized carbons (Fsp3) is 0.400. The van der Waals surface area contributed by atoms with Crippen LogP contribution in [0.3, 0.4) is 0 Å². The molecule has 2 N–H and O–H groups in total. The lowest BCUT2D eigenvalue weighted by Gasteiger charge is -2.09. The summed E-state index contributed by atoms with van der Waals surface area (Å²) in [5.74, 6) is -0.444. The lowest BCUT2D eigenvalue weighted by molar-refractivity contribution is 0.174. The van der Waals surface area contributed by atoms with Gasteiger partial charge in [-0.3, -0.25) is 0 Å². The van der Waals surface area contributed by atoms with Crippen molar-refractivity contribution >= 4 is 11.6 Å². The van der Waals surface area contributed by atoms with E-state index in [4.69, 9.17) is 11.6 Å². The third-order valence-electron chi connectivity index (χ3n) is 1.90. The van der Waals surface area contributed by atoms with E-state index in [0.29, 0.717) is 13.0 Å². The number of hydrogen-bond donors (Lipinski definition) is 2. The van der Waals surface area contributed by atoms with Gasteiger partial charge < -0.3 is 10.4 Å². The van der Waals surface area contributed by atoms with E-state index in [1.807, 2.05) is 0 Å². The van der Waals surface area contributed by atoms with Crippen LogP contribution in [0.15, 0.2) is 18.2 Å². The monoisotopic (exact) mass is 217 g/mol. The molecule has 0 aliphatic rings. The first kappa shape index (κ1) is 11.4. The van der Waals surface area contributed by atoms with Crippen LogP contribution in [0.2, 0.25) is 5.02 Å². The first-order valence-electron chi connectivity index (χ1n) is 4.40. The third kappa shape index (κ3) is 3.25. The summed E-state index contributed by atoms with van der Waals surface area (Å²) in [7, 11) is 1.76. The number of halogens is 2. The average Bonchev–Trinajstić information content (AvgIpc) is 2.12. The Hall–Kier alpha value is -0.640. The van der Waals surface area contributed by atoms with Crippen molar-refractivity contribution in [2.45, 2.75) is 12.5 Å². The van der Waals surface area contributed by atoms with E-state index < -0.39 is 11.9 Å². The summed E-state index contributed by atoms with van der Waals surface area (Å²) in [5.41, 5.74) is 0.745. The lowest BCUT2D eigenvalue weighted by atomic mass is 10.1. The SMILES string of the molecule is CNCC(O)Cc1ccc(Cl)c(F)c1. The van der Waals surface area contributed by atoms with E-state index in [0.717, 1.165) is 5.56 Å². The van der Waals surface area contributed by atoms with Crippen LogP contribution in [0.25, 0.3) is 0 Å². The largest absolute Gasteiger partial charge is 0.391 e. The summed E-state index contributed by atoms with van der Waals surface area (Å²) in [6, 6.07) is 4.56. The van der Waals surface area contributed by atoms with Gasteiger partial charge in [0.05, 0.1) is 11.1 Å². The van der Waals surface area contributed by atoms with Gasteiger partial charge in [-0.15, -0.1) is 0 Å². The topological polar surface area (TPSA) is 32.3 Å². The maximum atomic E-state index is 13.0. The van der Waals surface area contributed by atoms with E-state index in [2.05, 4.69) is 5.32 Å². The lowest BCUT2D eigenvalue weighted by Crippen LogP contribution is -2.25. The molecule has 0 amide bonds. The van der Waals surface area contributed by atoms with Crippen molar-refractivity contribution in [2.24, 2.45) is 0 Å². The normalized spacial score (nSPS) is 12.9. The van der Waals surface area contributed by atoms with Gasteiger partial charge in [0.15, 0.2) is 0 Å². The van der Waals surface area contributed by atoms with Gasteiger partial charge in [0.25, 0.3) is 0 Å². The molecule has 14 heavy (non-hydrogen) atoms. The number of nitrogens with one attached hydrogen (secondary N) is 1. The highest BCUT2D eigenvalue weighted by atomic mass is 35.5. The van der Waals surface area contributed by atoms with Crippen LogP contribution in [0, 0.1) is 5.82 Å². The highest BCUT2D eigenvalue weighted by molar-refractivity contribution is 6.30. The van der Waals surface area contributed by atoms with E-state index in [1.165, 1.54) is 12.1 Å². The molecule has 0 spiro atoms. The molecule has 78 valence electrons. The van der Waals surface area contributed by atoms with Crippen LogP contribution < -0.4 is 5.32 Å². The summed E-state index contributed by atoms with van der Waals surface area (Å²) in [6.07, 6.45) is -0.0739. The van der Waals surface area contributed by atoms with Gasteiger partial charge in [0.1, 0.15) is 5.82 Å². The van der Waals surface area contributed by atoms with Crippen molar-refractivity contribution in [3.63, 3.8) is 0 Å². The van der Waals surface area contributed by atoms with E-state index in [1.54, 1.807) is 13.1 Å². The molecule has 0 aliphatic carbocycles. The van der Waals surface area contributed by atoms with Crippen LogP contribution in [-0.4, -0.2) is 24.8 Å². The van der Waals surface area contributed by atoms with Gasteiger partial charge in [-0.2, -0.15) is 0 Å². The molecule has 1 aromatic carbocycles. The maximum absolute atomic E-state index is 13.0. The fourth-order valence-electron chi connectivity index (χ4n) is 1.25. The summed E-state index contributed by atoms with van der Waals surface area (Å²) < 4.78 is 13.0. The second kappa shape index (κ2) is 5.29. The molecule has 0 heterocycles. The van der Waals surface area contributed by atoms with Crippen LogP contribution >= 0.6 is 11.6 Å². The van der Waals surface area contributed by atoms with Gasteiger partial charge in [0.2, 0.25) is 0 Å². The predicted octanol–water partition coefficient (Wildman–Crippen LogP) is 1.60. The highest BCUT2D eigenvalue weighted by Crippen LogP contribution is 2.16. The van der Waals surface area contributed by atoms with Crippen molar-refractivity contribution in [2.75, 3.05) is 13.6 Å². The van der Waals surface area contributed by atoms with Crippen molar-refractivity contribution in [3.05, 3.63) is 34.6 Å². The Kier molecular flexibility index (Phi) is 4.32. The molecular formula is C10H13ClFNO. The number of aliphatic hydroxyl groups is 1. The number of rotatable bonds is 4. The molecule has 0 bridgehead atoms. The van der Waals surface area contributed by atoms with Gasteiger partial charge in [-0.1, -0.05) is 17.7 Å². The fourth-order valence-corrected chi connectivity index (χ4v) is 1.36. The molecule has 2 nitrogen and oxygen atoms in total. The molecule has 0 aliphatic heterocycles. The Bertz CT molecular complexity index is 306. The Morgan fingerprint density at radius 2 is 2.29 bits per heavy atom. The summed E-state index contributed by atoms with van der Waals surface area (Å²) in [6.45, 7) is 0.490. The summed E-state index contributed by atoms with van der Waals surface area (Å²) in [5, 5.41) is 12.4. The molecular weight excluding hydrogens is 205 g/mol. The second-order valence-electron chi connectivity index (χ2n) is 3.16. The van der Waals surface area contributed by atoms with Gasteiger partial charge in [-0.25, -0.2) is 4.39 Å². The smallest absolute Gasteiger partial charge is 0.142 e. The van der Waals surface area contributed by atoms with Crippen molar-refractivity contribution < 1.29 is 9.50 Å². The van der Waals surface area contributed by atoms with Gasteiger partial charge >= 0.3 is 0 Å². The minimum atomic E-state index is -0.499. The molecule has 1 unspecified atom stereocenters. The molecule has 1 atom stereocenters. The van der Waals surface area contributed by atoms with Crippen LogP contribution in [0.1, 0.15) is 5.56 Å². The summed E-state index contributed by atoms with van der Waals surface area (Å²) >= 11 is 5.53. The van der Waals surface area contributed by atoms with Crippen LogP contribution in [0.5, 0.6) is 0 Å².